The third kappa shape index (κ3) is 6.49. The van der Waals surface area contributed by atoms with Crippen molar-refractivity contribution in [3.05, 3.63) is 58.6 Å². The molecule has 2 amide bonds. The Kier molecular flexibility index (Phi) is 7.96. The van der Waals surface area contributed by atoms with Crippen molar-refractivity contribution in [2.24, 2.45) is 0 Å². The van der Waals surface area contributed by atoms with E-state index in [0.717, 1.165) is 0 Å². The molecule has 0 spiro atoms. The van der Waals surface area contributed by atoms with Crippen molar-refractivity contribution in [1.29, 1.82) is 0 Å². The number of nitro benzene ring substituents is 1. The van der Waals surface area contributed by atoms with Crippen LogP contribution in [0.4, 0.5) is 17.1 Å². The average molecular weight is 400 g/mol. The SMILES string of the molecule is CCN(CC(=O)Nc1cccc(OC)c1)C(=O)CCNc1ccccc1[N+](=O)[O-]. The van der Waals surface area contributed by atoms with Crippen LogP contribution in [0, 0.1) is 10.1 Å². The van der Waals surface area contributed by atoms with E-state index in [4.69, 9.17) is 4.74 Å². The fourth-order valence-corrected chi connectivity index (χ4v) is 2.70. The van der Waals surface area contributed by atoms with Gasteiger partial charge in [-0.1, -0.05) is 18.2 Å². The summed E-state index contributed by atoms with van der Waals surface area (Å²) in [6, 6.07) is 13.2. The molecule has 0 aromatic heterocycles. The lowest BCUT2D eigenvalue weighted by Gasteiger charge is -2.20. The van der Waals surface area contributed by atoms with E-state index in [1.807, 2.05) is 0 Å². The molecule has 0 aliphatic heterocycles. The highest BCUT2D eigenvalue weighted by Crippen LogP contribution is 2.23. The summed E-state index contributed by atoms with van der Waals surface area (Å²) >= 11 is 0. The van der Waals surface area contributed by atoms with Crippen LogP contribution in [-0.2, 0) is 9.59 Å². The number of para-hydroxylation sites is 2. The van der Waals surface area contributed by atoms with Gasteiger partial charge >= 0.3 is 0 Å². The van der Waals surface area contributed by atoms with Crippen LogP contribution in [-0.4, -0.2) is 48.4 Å². The van der Waals surface area contributed by atoms with Gasteiger partial charge in [-0.25, -0.2) is 0 Å². The topological polar surface area (TPSA) is 114 Å². The first-order chi connectivity index (χ1) is 13.9. The van der Waals surface area contributed by atoms with Crippen LogP contribution >= 0.6 is 0 Å². The number of likely N-dealkylation sites (N-methyl/N-ethyl adjacent to an activating group) is 1. The smallest absolute Gasteiger partial charge is 0.292 e. The first-order valence-electron chi connectivity index (χ1n) is 9.13. The number of anilines is 2. The number of ether oxygens (including phenoxy) is 1. The highest BCUT2D eigenvalue weighted by atomic mass is 16.6. The summed E-state index contributed by atoms with van der Waals surface area (Å²) in [7, 11) is 1.54. The van der Waals surface area contributed by atoms with Crippen LogP contribution in [0.3, 0.4) is 0 Å². The molecule has 0 saturated heterocycles. The monoisotopic (exact) mass is 400 g/mol. The number of hydrogen-bond acceptors (Lipinski definition) is 6. The molecule has 2 aromatic rings. The van der Waals surface area contributed by atoms with Gasteiger partial charge in [0.05, 0.1) is 18.6 Å². The van der Waals surface area contributed by atoms with Crippen molar-refractivity contribution >= 4 is 28.9 Å². The van der Waals surface area contributed by atoms with E-state index in [1.54, 1.807) is 49.4 Å². The van der Waals surface area contributed by atoms with Crippen LogP contribution < -0.4 is 15.4 Å². The summed E-state index contributed by atoms with van der Waals surface area (Å²) in [4.78, 5) is 36.7. The molecule has 0 radical (unpaired) electrons. The molecule has 9 heteroatoms. The van der Waals surface area contributed by atoms with Gasteiger partial charge in [-0.3, -0.25) is 19.7 Å². The third-order valence-electron chi connectivity index (χ3n) is 4.18. The van der Waals surface area contributed by atoms with Crippen molar-refractivity contribution in [2.45, 2.75) is 13.3 Å². The molecule has 0 saturated carbocycles. The fourth-order valence-electron chi connectivity index (χ4n) is 2.70. The van der Waals surface area contributed by atoms with Gasteiger partial charge < -0.3 is 20.3 Å². The van der Waals surface area contributed by atoms with Crippen LogP contribution in [0.25, 0.3) is 0 Å². The lowest BCUT2D eigenvalue weighted by Crippen LogP contribution is -2.38. The maximum atomic E-state index is 12.4. The van der Waals surface area contributed by atoms with E-state index in [0.29, 0.717) is 23.7 Å². The molecule has 29 heavy (non-hydrogen) atoms. The number of amides is 2. The Morgan fingerprint density at radius 2 is 1.93 bits per heavy atom. The highest BCUT2D eigenvalue weighted by molar-refractivity contribution is 5.94. The molecule has 0 bridgehead atoms. The second-order valence-electron chi connectivity index (χ2n) is 6.14. The molecule has 0 unspecified atom stereocenters. The number of carbonyl (C=O) groups is 2. The van der Waals surface area contributed by atoms with Crippen LogP contribution in [0.1, 0.15) is 13.3 Å². The largest absolute Gasteiger partial charge is 0.497 e. The van der Waals surface area contributed by atoms with Gasteiger partial charge in [-0.2, -0.15) is 0 Å². The van der Waals surface area contributed by atoms with Crippen molar-refractivity contribution in [3.8, 4) is 5.75 Å². The average Bonchev–Trinajstić information content (AvgIpc) is 2.72. The number of nitrogens with one attached hydrogen (secondary N) is 2. The van der Waals surface area contributed by atoms with E-state index >= 15 is 0 Å². The van der Waals surface area contributed by atoms with E-state index in [1.165, 1.54) is 18.1 Å². The fraction of sp³-hybridized carbons (Fsp3) is 0.300. The zero-order chi connectivity index (χ0) is 21.2. The van der Waals surface area contributed by atoms with E-state index < -0.39 is 4.92 Å². The molecule has 0 fully saturated rings. The van der Waals surface area contributed by atoms with Gasteiger partial charge in [0.15, 0.2) is 0 Å². The van der Waals surface area contributed by atoms with E-state index in [9.17, 15) is 19.7 Å². The Bertz CT molecular complexity index is 871. The van der Waals surface area contributed by atoms with Crippen molar-refractivity contribution in [3.63, 3.8) is 0 Å². The molecule has 9 nitrogen and oxygen atoms in total. The maximum Gasteiger partial charge on any atom is 0.292 e. The molecule has 154 valence electrons. The normalized spacial score (nSPS) is 10.1. The number of nitro groups is 1. The predicted octanol–water partition coefficient (Wildman–Crippen LogP) is 2.89. The molecule has 2 rings (SSSR count). The molecule has 0 aliphatic rings. The quantitative estimate of drug-likeness (QED) is 0.468. The second-order valence-corrected chi connectivity index (χ2v) is 6.14. The zero-order valence-electron chi connectivity index (χ0n) is 16.4. The summed E-state index contributed by atoms with van der Waals surface area (Å²) in [5, 5.41) is 16.7. The third-order valence-corrected chi connectivity index (χ3v) is 4.18. The Hall–Kier alpha value is -3.62. The standard InChI is InChI=1S/C20H24N4O5/c1-3-23(14-19(25)22-15-7-6-8-16(13-15)29-2)20(26)11-12-21-17-9-4-5-10-18(17)24(27)28/h4-10,13,21H,3,11-12,14H2,1-2H3,(H,22,25). The summed E-state index contributed by atoms with van der Waals surface area (Å²) in [5.41, 5.74) is 0.880. The van der Waals surface area contributed by atoms with Crippen molar-refractivity contribution < 1.29 is 19.2 Å². The van der Waals surface area contributed by atoms with Gasteiger partial charge in [-0.15, -0.1) is 0 Å². The Morgan fingerprint density at radius 3 is 2.62 bits per heavy atom. The minimum absolute atomic E-state index is 0.0510. The number of hydrogen-bond donors (Lipinski definition) is 2. The second kappa shape index (κ2) is 10.6. The van der Waals surface area contributed by atoms with Crippen molar-refractivity contribution in [1.82, 2.24) is 4.90 Å². The number of carbonyl (C=O) groups excluding carboxylic acids is 2. The van der Waals surface area contributed by atoms with Gasteiger partial charge in [0.25, 0.3) is 5.69 Å². The molecular weight excluding hydrogens is 376 g/mol. The molecule has 0 aliphatic carbocycles. The zero-order valence-corrected chi connectivity index (χ0v) is 16.4. The molecule has 0 heterocycles. The summed E-state index contributed by atoms with van der Waals surface area (Å²) in [6.45, 7) is 2.29. The predicted molar refractivity (Wildman–Crippen MR) is 110 cm³/mol. The van der Waals surface area contributed by atoms with Gasteiger partial charge in [0, 0.05) is 37.3 Å². The first kappa shape index (κ1) is 21.7. The molecule has 2 N–H and O–H groups in total. The van der Waals surface area contributed by atoms with Gasteiger partial charge in [0.1, 0.15) is 11.4 Å². The lowest BCUT2D eigenvalue weighted by molar-refractivity contribution is -0.384. The Balaban J connectivity index is 1.86. The summed E-state index contributed by atoms with van der Waals surface area (Å²) in [5.74, 6) is 0.0757. The molecule has 2 aromatic carbocycles. The minimum Gasteiger partial charge on any atom is -0.497 e. The van der Waals surface area contributed by atoms with E-state index in [2.05, 4.69) is 10.6 Å². The highest BCUT2D eigenvalue weighted by Gasteiger charge is 2.17. The molecular formula is C20H24N4O5. The van der Waals surface area contributed by atoms with Gasteiger partial charge in [-0.05, 0) is 25.1 Å². The van der Waals surface area contributed by atoms with Crippen LogP contribution in [0.5, 0.6) is 5.75 Å². The Morgan fingerprint density at radius 1 is 1.17 bits per heavy atom. The number of methoxy groups -OCH3 is 1. The summed E-state index contributed by atoms with van der Waals surface area (Å²) in [6.07, 6.45) is 0.104. The van der Waals surface area contributed by atoms with Crippen LogP contribution in [0.15, 0.2) is 48.5 Å². The van der Waals surface area contributed by atoms with Crippen molar-refractivity contribution in [2.75, 3.05) is 37.4 Å². The molecule has 0 atom stereocenters. The van der Waals surface area contributed by atoms with Gasteiger partial charge in [0.2, 0.25) is 11.8 Å². The van der Waals surface area contributed by atoms with Crippen LogP contribution in [0.2, 0.25) is 0 Å². The number of nitrogens with zero attached hydrogens (tertiary/aromatic N) is 2. The lowest BCUT2D eigenvalue weighted by atomic mass is 10.2. The Labute approximate surface area is 168 Å². The number of benzene rings is 2. The van der Waals surface area contributed by atoms with E-state index in [-0.39, 0.29) is 37.0 Å². The number of rotatable bonds is 10. The summed E-state index contributed by atoms with van der Waals surface area (Å²) < 4.78 is 5.12. The first-order valence-corrected chi connectivity index (χ1v) is 9.13. The maximum absolute atomic E-state index is 12.4. The minimum atomic E-state index is -0.481.